The first-order valence-corrected chi connectivity index (χ1v) is 7.23. The van der Waals surface area contributed by atoms with Gasteiger partial charge in [0.05, 0.1) is 0 Å². The molecular weight excluding hydrogens is 238 g/mol. The van der Waals surface area contributed by atoms with Crippen molar-refractivity contribution in [2.75, 3.05) is 19.7 Å². The maximum atomic E-state index is 10.9. The Morgan fingerprint density at radius 3 is 2.68 bits per heavy atom. The Kier molecular flexibility index (Phi) is 4.97. The van der Waals surface area contributed by atoms with E-state index in [1.165, 1.54) is 0 Å². The third-order valence-electron chi connectivity index (χ3n) is 3.65. The van der Waals surface area contributed by atoms with Crippen molar-refractivity contribution < 1.29 is 9.53 Å². The number of hydrogen-bond acceptors (Lipinski definition) is 3. The van der Waals surface area contributed by atoms with Crippen LogP contribution in [0, 0.1) is 0 Å². The third kappa shape index (κ3) is 3.35. The Morgan fingerprint density at radius 1 is 1.32 bits per heavy atom. The van der Waals surface area contributed by atoms with E-state index in [0.29, 0.717) is 6.04 Å². The van der Waals surface area contributed by atoms with Crippen LogP contribution in [0.3, 0.4) is 0 Å². The van der Waals surface area contributed by atoms with E-state index in [0.717, 1.165) is 62.1 Å². The summed E-state index contributed by atoms with van der Waals surface area (Å²) in [6.45, 7) is 7.41. The van der Waals surface area contributed by atoms with E-state index in [1.54, 1.807) is 0 Å². The van der Waals surface area contributed by atoms with E-state index < -0.39 is 0 Å². The molecule has 1 unspecified atom stereocenters. The predicted octanol–water partition coefficient (Wildman–Crippen LogP) is 2.92. The van der Waals surface area contributed by atoms with Crippen LogP contribution in [0.5, 0.6) is 5.75 Å². The largest absolute Gasteiger partial charge is 0.492 e. The van der Waals surface area contributed by atoms with E-state index in [4.69, 9.17) is 4.74 Å². The first-order chi connectivity index (χ1) is 9.28. The lowest BCUT2D eigenvalue weighted by Crippen LogP contribution is -2.44. The van der Waals surface area contributed by atoms with Crippen LogP contribution >= 0.6 is 0 Å². The molecule has 0 fully saturated rings. The summed E-state index contributed by atoms with van der Waals surface area (Å²) < 4.78 is 5.85. The van der Waals surface area contributed by atoms with Crippen LogP contribution in [-0.2, 0) is 6.42 Å². The summed E-state index contributed by atoms with van der Waals surface area (Å²) in [5, 5.41) is 0. The summed E-state index contributed by atoms with van der Waals surface area (Å²) in [7, 11) is 0. The van der Waals surface area contributed by atoms with Crippen molar-refractivity contribution >= 4 is 6.29 Å². The van der Waals surface area contributed by atoms with Crippen molar-refractivity contribution in [1.82, 2.24) is 4.90 Å². The molecule has 0 radical (unpaired) electrons. The Balaban J connectivity index is 2.12. The minimum absolute atomic E-state index is 0.439. The van der Waals surface area contributed by atoms with Gasteiger partial charge in [-0.2, -0.15) is 0 Å². The SMILES string of the molecule is CCCN(CCC)C1COc2ccc(C=O)cc2C1. The molecule has 1 aromatic carbocycles. The van der Waals surface area contributed by atoms with E-state index in [-0.39, 0.29) is 0 Å². The molecular formula is C16H23NO2. The molecule has 0 N–H and O–H groups in total. The van der Waals surface area contributed by atoms with Gasteiger partial charge in [-0.3, -0.25) is 9.69 Å². The topological polar surface area (TPSA) is 29.5 Å². The second-order valence-electron chi connectivity index (χ2n) is 5.19. The fourth-order valence-corrected chi connectivity index (χ4v) is 2.76. The average Bonchev–Trinajstić information content (AvgIpc) is 2.46. The Labute approximate surface area is 115 Å². The summed E-state index contributed by atoms with van der Waals surface area (Å²) in [4.78, 5) is 13.4. The number of hydrogen-bond donors (Lipinski definition) is 0. The van der Waals surface area contributed by atoms with E-state index in [9.17, 15) is 4.79 Å². The number of carbonyl (C=O) groups is 1. The minimum atomic E-state index is 0.439. The zero-order chi connectivity index (χ0) is 13.7. The molecule has 1 atom stereocenters. The van der Waals surface area contributed by atoms with Gasteiger partial charge >= 0.3 is 0 Å². The van der Waals surface area contributed by atoms with Gasteiger partial charge in [0.2, 0.25) is 0 Å². The van der Waals surface area contributed by atoms with Gasteiger partial charge in [0.1, 0.15) is 18.6 Å². The number of fused-ring (bicyclic) bond motifs is 1. The zero-order valence-corrected chi connectivity index (χ0v) is 11.9. The molecule has 0 spiro atoms. The van der Waals surface area contributed by atoms with Gasteiger partial charge in [-0.1, -0.05) is 13.8 Å². The van der Waals surface area contributed by atoms with Crippen LogP contribution in [0.1, 0.15) is 42.6 Å². The number of rotatable bonds is 6. The Bertz CT molecular complexity index is 425. The maximum Gasteiger partial charge on any atom is 0.150 e. The smallest absolute Gasteiger partial charge is 0.150 e. The van der Waals surface area contributed by atoms with Gasteiger partial charge in [-0.15, -0.1) is 0 Å². The van der Waals surface area contributed by atoms with Crippen LogP contribution in [0.15, 0.2) is 18.2 Å². The number of aldehydes is 1. The van der Waals surface area contributed by atoms with Gasteiger partial charge in [-0.25, -0.2) is 0 Å². The molecule has 1 aliphatic rings. The van der Waals surface area contributed by atoms with Gasteiger partial charge in [0.15, 0.2) is 0 Å². The number of carbonyl (C=O) groups excluding carboxylic acids is 1. The Hall–Kier alpha value is -1.35. The molecule has 1 heterocycles. The highest BCUT2D eigenvalue weighted by atomic mass is 16.5. The highest BCUT2D eigenvalue weighted by Crippen LogP contribution is 2.27. The van der Waals surface area contributed by atoms with Crippen molar-refractivity contribution in [3.05, 3.63) is 29.3 Å². The normalized spacial score (nSPS) is 17.9. The van der Waals surface area contributed by atoms with E-state index in [1.807, 2.05) is 18.2 Å². The van der Waals surface area contributed by atoms with Crippen LogP contribution in [0.2, 0.25) is 0 Å². The zero-order valence-electron chi connectivity index (χ0n) is 11.9. The molecule has 3 nitrogen and oxygen atoms in total. The summed E-state index contributed by atoms with van der Waals surface area (Å²) in [6, 6.07) is 6.14. The molecule has 19 heavy (non-hydrogen) atoms. The summed E-state index contributed by atoms with van der Waals surface area (Å²) in [5.74, 6) is 0.940. The van der Waals surface area contributed by atoms with Gasteiger partial charge in [0, 0.05) is 11.6 Å². The van der Waals surface area contributed by atoms with Crippen molar-refractivity contribution in [3.8, 4) is 5.75 Å². The number of nitrogens with zero attached hydrogens (tertiary/aromatic N) is 1. The predicted molar refractivity (Wildman–Crippen MR) is 77.0 cm³/mol. The standard InChI is InChI=1S/C16H23NO2/c1-3-7-17(8-4-2)15-10-14-9-13(11-18)5-6-16(14)19-12-15/h5-6,9,11,15H,3-4,7-8,10,12H2,1-2H3. The first kappa shape index (κ1) is 14.1. The maximum absolute atomic E-state index is 10.9. The monoisotopic (exact) mass is 261 g/mol. The van der Waals surface area contributed by atoms with Crippen LogP contribution in [-0.4, -0.2) is 36.9 Å². The van der Waals surface area contributed by atoms with Crippen molar-refractivity contribution in [2.24, 2.45) is 0 Å². The summed E-state index contributed by atoms with van der Waals surface area (Å²) in [6.07, 6.45) is 4.21. The van der Waals surface area contributed by atoms with Gasteiger partial charge in [-0.05, 0) is 56.1 Å². The van der Waals surface area contributed by atoms with Crippen LogP contribution in [0.4, 0.5) is 0 Å². The molecule has 0 amide bonds. The molecule has 0 aromatic heterocycles. The van der Waals surface area contributed by atoms with Crippen molar-refractivity contribution in [3.63, 3.8) is 0 Å². The second kappa shape index (κ2) is 6.71. The molecule has 0 aliphatic carbocycles. The third-order valence-corrected chi connectivity index (χ3v) is 3.65. The molecule has 104 valence electrons. The lowest BCUT2D eigenvalue weighted by atomic mass is 9.99. The molecule has 1 aliphatic heterocycles. The highest BCUT2D eigenvalue weighted by molar-refractivity contribution is 5.75. The number of benzene rings is 1. The van der Waals surface area contributed by atoms with E-state index >= 15 is 0 Å². The number of ether oxygens (including phenoxy) is 1. The molecule has 3 heteroatoms. The second-order valence-corrected chi connectivity index (χ2v) is 5.19. The quantitative estimate of drug-likeness (QED) is 0.737. The van der Waals surface area contributed by atoms with Crippen LogP contribution < -0.4 is 4.74 Å². The Morgan fingerprint density at radius 2 is 2.05 bits per heavy atom. The molecule has 1 aromatic rings. The van der Waals surface area contributed by atoms with Crippen molar-refractivity contribution in [2.45, 2.75) is 39.2 Å². The molecule has 0 saturated heterocycles. The summed E-state index contributed by atoms with van der Waals surface area (Å²) >= 11 is 0. The van der Waals surface area contributed by atoms with Crippen molar-refractivity contribution in [1.29, 1.82) is 0 Å². The lowest BCUT2D eigenvalue weighted by Gasteiger charge is -2.34. The minimum Gasteiger partial charge on any atom is -0.492 e. The van der Waals surface area contributed by atoms with E-state index in [2.05, 4.69) is 18.7 Å². The lowest BCUT2D eigenvalue weighted by molar-refractivity contribution is 0.112. The molecule has 0 saturated carbocycles. The molecule has 0 bridgehead atoms. The fourth-order valence-electron chi connectivity index (χ4n) is 2.76. The van der Waals surface area contributed by atoms with Gasteiger partial charge in [0.25, 0.3) is 0 Å². The highest BCUT2D eigenvalue weighted by Gasteiger charge is 2.24. The molecule has 2 rings (SSSR count). The first-order valence-electron chi connectivity index (χ1n) is 7.23. The summed E-state index contributed by atoms with van der Waals surface area (Å²) in [5.41, 5.74) is 1.90. The average molecular weight is 261 g/mol. The fraction of sp³-hybridized carbons (Fsp3) is 0.562. The van der Waals surface area contributed by atoms with Crippen LogP contribution in [0.25, 0.3) is 0 Å². The van der Waals surface area contributed by atoms with Gasteiger partial charge < -0.3 is 4.74 Å².